The zero-order valence-corrected chi connectivity index (χ0v) is 7.50. The second kappa shape index (κ2) is 2.46. The monoisotopic (exact) mass is 170 g/mol. The second-order valence-electron chi connectivity index (χ2n) is 4.15. The summed E-state index contributed by atoms with van der Waals surface area (Å²) in [5.41, 5.74) is 0.00611. The van der Waals surface area contributed by atoms with E-state index in [0.29, 0.717) is 6.42 Å². The molecule has 0 aromatic heterocycles. The molecule has 2 rings (SSSR count). The summed E-state index contributed by atoms with van der Waals surface area (Å²) in [6.45, 7) is 4.94. The average Bonchev–Trinajstić information content (AvgIpc) is 1.92. The molecule has 0 N–H and O–H groups in total. The third-order valence-corrected chi connectivity index (χ3v) is 2.98. The van der Waals surface area contributed by atoms with Crippen LogP contribution in [-0.2, 0) is 14.3 Å². The van der Waals surface area contributed by atoms with E-state index in [1.165, 1.54) is 0 Å². The summed E-state index contributed by atoms with van der Waals surface area (Å²) in [5, 5.41) is 0. The van der Waals surface area contributed by atoms with Crippen molar-refractivity contribution in [2.24, 2.45) is 5.41 Å². The number of esters is 1. The van der Waals surface area contributed by atoms with Gasteiger partial charge in [-0.2, -0.15) is 0 Å². The molecule has 2 atom stereocenters. The van der Waals surface area contributed by atoms with E-state index < -0.39 is 0 Å². The van der Waals surface area contributed by atoms with E-state index in [0.717, 1.165) is 13.0 Å². The van der Waals surface area contributed by atoms with Gasteiger partial charge in [0.15, 0.2) is 0 Å². The molecule has 2 fully saturated rings. The minimum absolute atomic E-state index is 0.00611. The van der Waals surface area contributed by atoms with Crippen molar-refractivity contribution in [3.05, 3.63) is 0 Å². The molecule has 0 saturated carbocycles. The molecule has 2 bridgehead atoms. The minimum atomic E-state index is -0.107. The highest BCUT2D eigenvalue weighted by Gasteiger charge is 2.48. The zero-order valence-electron chi connectivity index (χ0n) is 7.50. The summed E-state index contributed by atoms with van der Waals surface area (Å²) in [5.74, 6) is -0.107. The molecule has 2 unspecified atom stereocenters. The third-order valence-electron chi connectivity index (χ3n) is 2.98. The first kappa shape index (κ1) is 8.05. The van der Waals surface area contributed by atoms with E-state index in [-0.39, 0.29) is 23.6 Å². The van der Waals surface area contributed by atoms with Crippen LogP contribution in [0.15, 0.2) is 0 Å². The number of ether oxygens (including phenoxy) is 2. The Bertz CT molecular complexity index is 192. The first-order valence-electron chi connectivity index (χ1n) is 4.42. The highest BCUT2D eigenvalue weighted by atomic mass is 16.6. The molecule has 12 heavy (non-hydrogen) atoms. The summed E-state index contributed by atoms with van der Waals surface area (Å²) >= 11 is 0. The molecule has 2 aliphatic rings. The maximum Gasteiger partial charge on any atom is 0.308 e. The molecule has 2 saturated heterocycles. The van der Waals surface area contributed by atoms with Crippen molar-refractivity contribution in [1.29, 1.82) is 0 Å². The standard InChI is InChI=1S/C9H14O3/c1-9(2)6-3-4-11-7(9)5-8(10)12-6/h6-7H,3-5H2,1-2H3. The Hall–Kier alpha value is -0.570. The molecule has 0 spiro atoms. The number of rotatable bonds is 0. The van der Waals surface area contributed by atoms with Gasteiger partial charge in [0.1, 0.15) is 6.10 Å². The highest BCUT2D eigenvalue weighted by Crippen LogP contribution is 2.40. The Balaban J connectivity index is 2.23. The fourth-order valence-corrected chi connectivity index (χ4v) is 2.00. The lowest BCUT2D eigenvalue weighted by molar-refractivity contribution is -0.207. The van der Waals surface area contributed by atoms with Crippen LogP contribution in [0.2, 0.25) is 0 Å². The van der Waals surface area contributed by atoms with Crippen LogP contribution in [0.4, 0.5) is 0 Å². The van der Waals surface area contributed by atoms with Gasteiger partial charge in [-0.05, 0) is 0 Å². The van der Waals surface area contributed by atoms with Crippen molar-refractivity contribution in [2.75, 3.05) is 6.61 Å². The Morgan fingerprint density at radius 1 is 1.42 bits per heavy atom. The van der Waals surface area contributed by atoms with E-state index in [4.69, 9.17) is 9.47 Å². The molecule has 68 valence electrons. The van der Waals surface area contributed by atoms with Crippen molar-refractivity contribution in [2.45, 2.75) is 38.9 Å². The van der Waals surface area contributed by atoms with Crippen LogP contribution in [-0.4, -0.2) is 24.8 Å². The molecule has 3 nitrogen and oxygen atoms in total. The average molecular weight is 170 g/mol. The minimum Gasteiger partial charge on any atom is -0.462 e. The molecule has 3 heteroatoms. The van der Waals surface area contributed by atoms with Gasteiger partial charge in [0.05, 0.1) is 19.1 Å². The Morgan fingerprint density at radius 2 is 2.17 bits per heavy atom. The molecule has 0 aromatic rings. The maximum atomic E-state index is 11.1. The van der Waals surface area contributed by atoms with Crippen LogP contribution >= 0.6 is 0 Å². The topological polar surface area (TPSA) is 35.5 Å². The van der Waals surface area contributed by atoms with E-state index in [2.05, 4.69) is 13.8 Å². The maximum absolute atomic E-state index is 11.1. The van der Waals surface area contributed by atoms with Gasteiger partial charge in [-0.1, -0.05) is 13.8 Å². The van der Waals surface area contributed by atoms with Crippen LogP contribution in [0.5, 0.6) is 0 Å². The summed E-state index contributed by atoms with van der Waals surface area (Å²) < 4.78 is 10.8. The third kappa shape index (κ3) is 1.04. The normalized spacial score (nSPS) is 39.0. The summed E-state index contributed by atoms with van der Waals surface area (Å²) in [4.78, 5) is 11.1. The lowest BCUT2D eigenvalue weighted by Gasteiger charge is -2.47. The highest BCUT2D eigenvalue weighted by molar-refractivity contribution is 5.71. The number of carbonyl (C=O) groups is 1. The molecule has 0 aliphatic carbocycles. The van der Waals surface area contributed by atoms with Crippen LogP contribution in [0.25, 0.3) is 0 Å². The number of hydrogen-bond donors (Lipinski definition) is 0. The van der Waals surface area contributed by atoms with Gasteiger partial charge >= 0.3 is 5.97 Å². The Labute approximate surface area is 72.0 Å². The van der Waals surface area contributed by atoms with Gasteiger partial charge < -0.3 is 9.47 Å². The van der Waals surface area contributed by atoms with E-state index in [9.17, 15) is 4.79 Å². The molecular formula is C9H14O3. The molecule has 0 radical (unpaired) electrons. The van der Waals surface area contributed by atoms with Gasteiger partial charge in [0.25, 0.3) is 0 Å². The molecule has 2 heterocycles. The summed E-state index contributed by atoms with van der Waals surface area (Å²) in [6, 6.07) is 0. The lowest BCUT2D eigenvalue weighted by atomic mass is 9.75. The molecule has 0 amide bonds. The van der Waals surface area contributed by atoms with Crippen LogP contribution in [0, 0.1) is 5.41 Å². The Kier molecular flexibility index (Phi) is 1.65. The molecular weight excluding hydrogens is 156 g/mol. The van der Waals surface area contributed by atoms with E-state index in [1.807, 2.05) is 0 Å². The number of hydrogen-bond acceptors (Lipinski definition) is 3. The van der Waals surface area contributed by atoms with E-state index >= 15 is 0 Å². The van der Waals surface area contributed by atoms with Gasteiger partial charge in [-0.3, -0.25) is 4.79 Å². The van der Waals surface area contributed by atoms with Gasteiger partial charge in [-0.25, -0.2) is 0 Å². The van der Waals surface area contributed by atoms with Crippen molar-refractivity contribution in [3.8, 4) is 0 Å². The lowest BCUT2D eigenvalue weighted by Crippen LogP contribution is -2.53. The predicted molar refractivity (Wildman–Crippen MR) is 42.6 cm³/mol. The fraction of sp³-hybridized carbons (Fsp3) is 0.889. The van der Waals surface area contributed by atoms with Crippen LogP contribution in [0.1, 0.15) is 26.7 Å². The molecule has 2 aliphatic heterocycles. The first-order valence-corrected chi connectivity index (χ1v) is 4.42. The van der Waals surface area contributed by atoms with Crippen molar-refractivity contribution in [3.63, 3.8) is 0 Å². The SMILES string of the molecule is CC1(C)C2CC(=O)OC1CCO2. The second-order valence-corrected chi connectivity index (χ2v) is 4.15. The first-order chi connectivity index (χ1) is 5.60. The smallest absolute Gasteiger partial charge is 0.308 e. The van der Waals surface area contributed by atoms with Crippen molar-refractivity contribution >= 4 is 5.97 Å². The number of carbonyl (C=O) groups excluding carboxylic acids is 1. The van der Waals surface area contributed by atoms with Crippen molar-refractivity contribution < 1.29 is 14.3 Å². The predicted octanol–water partition coefficient (Wildman–Crippen LogP) is 1.12. The molecule has 0 aromatic carbocycles. The quantitative estimate of drug-likeness (QED) is 0.511. The van der Waals surface area contributed by atoms with Crippen LogP contribution < -0.4 is 0 Å². The van der Waals surface area contributed by atoms with E-state index in [1.54, 1.807) is 0 Å². The van der Waals surface area contributed by atoms with Gasteiger partial charge in [0.2, 0.25) is 0 Å². The van der Waals surface area contributed by atoms with Crippen LogP contribution in [0.3, 0.4) is 0 Å². The zero-order chi connectivity index (χ0) is 8.77. The summed E-state index contributed by atoms with van der Waals surface area (Å²) in [7, 11) is 0. The van der Waals surface area contributed by atoms with Crippen molar-refractivity contribution in [1.82, 2.24) is 0 Å². The largest absolute Gasteiger partial charge is 0.462 e. The number of fused-ring (bicyclic) bond motifs is 2. The van der Waals surface area contributed by atoms with Gasteiger partial charge in [-0.15, -0.1) is 0 Å². The summed E-state index contributed by atoms with van der Waals surface area (Å²) in [6.07, 6.45) is 1.40. The fourth-order valence-electron chi connectivity index (χ4n) is 2.00. The Morgan fingerprint density at radius 3 is 2.83 bits per heavy atom. The van der Waals surface area contributed by atoms with Gasteiger partial charge in [0, 0.05) is 11.8 Å².